The zero-order valence-electron chi connectivity index (χ0n) is 11.5. The molecule has 0 spiro atoms. The highest BCUT2D eigenvalue weighted by Gasteiger charge is 2.09. The first-order chi connectivity index (χ1) is 9.67. The molecule has 2 aromatic carbocycles. The Kier molecular flexibility index (Phi) is 5.92. The average molecular weight is 307 g/mol. The molecule has 0 fully saturated rings. The number of rotatable bonds is 6. The molecule has 0 aliphatic heterocycles. The van der Waals surface area contributed by atoms with E-state index in [0.717, 1.165) is 17.2 Å². The lowest BCUT2D eigenvalue weighted by Gasteiger charge is -2.15. The van der Waals surface area contributed by atoms with Gasteiger partial charge in [0.25, 0.3) is 0 Å². The van der Waals surface area contributed by atoms with Gasteiger partial charge in [-0.15, -0.1) is 11.8 Å². The number of hydrazine groups is 1. The van der Waals surface area contributed by atoms with Gasteiger partial charge in [0.2, 0.25) is 0 Å². The molecule has 0 radical (unpaired) electrons. The minimum absolute atomic E-state index is 0.222. The maximum Gasteiger partial charge on any atom is 0.0408 e. The summed E-state index contributed by atoms with van der Waals surface area (Å²) in [6.07, 6.45) is 0.871. The van der Waals surface area contributed by atoms with Gasteiger partial charge < -0.3 is 0 Å². The van der Waals surface area contributed by atoms with Crippen molar-refractivity contribution in [3.05, 3.63) is 64.7 Å². The molecule has 2 nitrogen and oxygen atoms in total. The van der Waals surface area contributed by atoms with E-state index in [2.05, 4.69) is 42.7 Å². The van der Waals surface area contributed by atoms with Gasteiger partial charge in [0.05, 0.1) is 0 Å². The van der Waals surface area contributed by atoms with Gasteiger partial charge in [-0.05, 0) is 43.2 Å². The Labute approximate surface area is 129 Å². The summed E-state index contributed by atoms with van der Waals surface area (Å²) < 4.78 is 0. The largest absolute Gasteiger partial charge is 0.271 e. The number of benzene rings is 2. The maximum atomic E-state index is 6.00. The molecule has 0 saturated heterocycles. The molecule has 0 aromatic heterocycles. The lowest BCUT2D eigenvalue weighted by Crippen LogP contribution is -2.38. The Balaban J connectivity index is 1.90. The van der Waals surface area contributed by atoms with Crippen molar-refractivity contribution in [2.75, 3.05) is 5.75 Å². The molecule has 2 aromatic rings. The summed E-state index contributed by atoms with van der Waals surface area (Å²) in [5.41, 5.74) is 5.37. The molecule has 1 unspecified atom stereocenters. The first kappa shape index (κ1) is 15.4. The quantitative estimate of drug-likeness (QED) is 0.484. The van der Waals surface area contributed by atoms with Crippen LogP contribution in [0.25, 0.3) is 0 Å². The minimum Gasteiger partial charge on any atom is -0.271 e. The van der Waals surface area contributed by atoms with Gasteiger partial charge in [-0.3, -0.25) is 11.3 Å². The van der Waals surface area contributed by atoms with Crippen LogP contribution in [0, 0.1) is 6.92 Å². The van der Waals surface area contributed by atoms with E-state index >= 15 is 0 Å². The molecular weight excluding hydrogens is 288 g/mol. The molecule has 0 aliphatic carbocycles. The van der Waals surface area contributed by atoms with Crippen molar-refractivity contribution in [1.29, 1.82) is 0 Å². The number of halogens is 1. The second-order valence-electron chi connectivity index (χ2n) is 4.82. The van der Waals surface area contributed by atoms with E-state index in [1.165, 1.54) is 16.0 Å². The van der Waals surface area contributed by atoms with Crippen molar-refractivity contribution < 1.29 is 0 Å². The van der Waals surface area contributed by atoms with Gasteiger partial charge in [0.1, 0.15) is 0 Å². The molecule has 106 valence electrons. The van der Waals surface area contributed by atoms with Crippen LogP contribution in [0.4, 0.5) is 0 Å². The van der Waals surface area contributed by atoms with E-state index in [0.29, 0.717) is 0 Å². The predicted octanol–water partition coefficient (Wildman–Crippen LogP) is 3.82. The standard InChI is InChI=1S/C16H19ClN2S/c1-12-5-7-16(8-6-12)20-11-15(19-18)10-13-3-2-4-14(17)9-13/h2-9,15,19H,10-11,18H2,1H3. The van der Waals surface area contributed by atoms with Gasteiger partial charge in [-0.1, -0.05) is 41.4 Å². The topological polar surface area (TPSA) is 38.0 Å². The second kappa shape index (κ2) is 7.70. The third kappa shape index (κ3) is 4.84. The highest BCUT2D eigenvalue weighted by atomic mass is 35.5. The van der Waals surface area contributed by atoms with Crippen LogP contribution in [0.5, 0.6) is 0 Å². The van der Waals surface area contributed by atoms with Crippen molar-refractivity contribution in [1.82, 2.24) is 5.43 Å². The van der Waals surface area contributed by atoms with Gasteiger partial charge in [-0.2, -0.15) is 0 Å². The lowest BCUT2D eigenvalue weighted by molar-refractivity contribution is 0.575. The van der Waals surface area contributed by atoms with Crippen molar-refractivity contribution in [2.45, 2.75) is 24.3 Å². The fourth-order valence-electron chi connectivity index (χ4n) is 1.95. The van der Waals surface area contributed by atoms with E-state index in [4.69, 9.17) is 17.4 Å². The third-order valence-electron chi connectivity index (χ3n) is 3.08. The van der Waals surface area contributed by atoms with Crippen LogP contribution < -0.4 is 11.3 Å². The monoisotopic (exact) mass is 306 g/mol. The molecule has 0 aliphatic rings. The van der Waals surface area contributed by atoms with E-state index in [1.54, 1.807) is 0 Å². The molecule has 2 rings (SSSR count). The normalized spacial score (nSPS) is 12.3. The van der Waals surface area contributed by atoms with E-state index in [9.17, 15) is 0 Å². The van der Waals surface area contributed by atoms with E-state index < -0.39 is 0 Å². The molecule has 1 atom stereocenters. The highest BCUT2D eigenvalue weighted by molar-refractivity contribution is 7.99. The van der Waals surface area contributed by atoms with Gasteiger partial charge in [-0.25, -0.2) is 0 Å². The molecule has 20 heavy (non-hydrogen) atoms. The molecule has 0 bridgehead atoms. The number of hydrogen-bond acceptors (Lipinski definition) is 3. The third-order valence-corrected chi connectivity index (χ3v) is 4.49. The van der Waals surface area contributed by atoms with Crippen molar-refractivity contribution in [3.8, 4) is 0 Å². The summed E-state index contributed by atoms with van der Waals surface area (Å²) in [5, 5.41) is 0.768. The van der Waals surface area contributed by atoms with E-state index in [1.807, 2.05) is 30.0 Å². The molecule has 0 saturated carbocycles. The van der Waals surface area contributed by atoms with Crippen LogP contribution in [-0.2, 0) is 6.42 Å². The number of nitrogens with one attached hydrogen (secondary N) is 1. The molecule has 0 amide bonds. The first-order valence-corrected chi connectivity index (χ1v) is 7.94. The SMILES string of the molecule is Cc1ccc(SCC(Cc2cccc(Cl)c2)NN)cc1. The van der Waals surface area contributed by atoms with Crippen molar-refractivity contribution in [2.24, 2.45) is 5.84 Å². The molecular formula is C16H19ClN2S. The number of hydrogen-bond donors (Lipinski definition) is 2. The minimum atomic E-state index is 0.222. The number of nitrogens with two attached hydrogens (primary N) is 1. The summed E-state index contributed by atoms with van der Waals surface area (Å²) in [7, 11) is 0. The van der Waals surface area contributed by atoms with Crippen LogP contribution >= 0.6 is 23.4 Å². The van der Waals surface area contributed by atoms with Crippen LogP contribution in [0.1, 0.15) is 11.1 Å². The van der Waals surface area contributed by atoms with Crippen molar-refractivity contribution >= 4 is 23.4 Å². The van der Waals surface area contributed by atoms with Gasteiger partial charge in [0, 0.05) is 21.7 Å². The number of thioether (sulfide) groups is 1. The van der Waals surface area contributed by atoms with Gasteiger partial charge >= 0.3 is 0 Å². The average Bonchev–Trinajstić information content (AvgIpc) is 2.45. The van der Waals surface area contributed by atoms with Crippen LogP contribution in [0.3, 0.4) is 0 Å². The maximum absolute atomic E-state index is 6.00. The summed E-state index contributed by atoms with van der Waals surface area (Å²) in [4.78, 5) is 1.27. The van der Waals surface area contributed by atoms with Crippen LogP contribution in [0.15, 0.2) is 53.4 Å². The highest BCUT2D eigenvalue weighted by Crippen LogP contribution is 2.20. The fraction of sp³-hybridized carbons (Fsp3) is 0.250. The van der Waals surface area contributed by atoms with Crippen molar-refractivity contribution in [3.63, 3.8) is 0 Å². The zero-order chi connectivity index (χ0) is 14.4. The number of aryl methyl sites for hydroxylation is 1. The Bertz CT molecular complexity index is 542. The second-order valence-corrected chi connectivity index (χ2v) is 6.35. The smallest absolute Gasteiger partial charge is 0.0408 e. The summed E-state index contributed by atoms with van der Waals surface area (Å²) in [6, 6.07) is 16.7. The lowest BCUT2D eigenvalue weighted by atomic mass is 10.1. The summed E-state index contributed by atoms with van der Waals surface area (Å²) in [6.45, 7) is 2.10. The first-order valence-electron chi connectivity index (χ1n) is 6.57. The van der Waals surface area contributed by atoms with E-state index in [-0.39, 0.29) is 6.04 Å². The molecule has 4 heteroatoms. The zero-order valence-corrected chi connectivity index (χ0v) is 13.0. The Morgan fingerprint density at radius 3 is 2.60 bits per heavy atom. The fourth-order valence-corrected chi connectivity index (χ4v) is 3.09. The Morgan fingerprint density at radius 1 is 1.20 bits per heavy atom. The summed E-state index contributed by atoms with van der Waals surface area (Å²) >= 11 is 7.81. The predicted molar refractivity (Wildman–Crippen MR) is 88.2 cm³/mol. The van der Waals surface area contributed by atoms with Gasteiger partial charge in [0.15, 0.2) is 0 Å². The van der Waals surface area contributed by atoms with Crippen LogP contribution in [0.2, 0.25) is 5.02 Å². The van der Waals surface area contributed by atoms with Crippen LogP contribution in [-0.4, -0.2) is 11.8 Å². The summed E-state index contributed by atoms with van der Waals surface area (Å²) in [5.74, 6) is 6.57. The Morgan fingerprint density at radius 2 is 1.95 bits per heavy atom. The molecule has 0 heterocycles. The Hall–Kier alpha value is -1.00. The molecule has 3 N–H and O–H groups in total.